The predicted molar refractivity (Wildman–Crippen MR) is 69.3 cm³/mol. The summed E-state index contributed by atoms with van der Waals surface area (Å²) in [5.74, 6) is -0.101. The van der Waals surface area contributed by atoms with Crippen molar-refractivity contribution in [3.05, 3.63) is 11.1 Å². The number of likely N-dealkylation sites (tertiary alicyclic amines) is 1. The highest BCUT2D eigenvalue weighted by atomic mass is 32.1. The average Bonchev–Trinajstić information content (AvgIpc) is 2.75. The lowest BCUT2D eigenvalue weighted by Crippen LogP contribution is -2.46. The molecule has 6 nitrogen and oxygen atoms in total. The molecule has 3 N–H and O–H groups in total. The summed E-state index contributed by atoms with van der Waals surface area (Å²) < 4.78 is 0. The first-order valence-corrected chi connectivity index (χ1v) is 6.71. The van der Waals surface area contributed by atoms with Crippen LogP contribution >= 0.6 is 11.3 Å². The number of nitrogen functional groups attached to an aromatic ring is 1. The summed E-state index contributed by atoms with van der Waals surface area (Å²) in [5, 5.41) is 4.96. The topological polar surface area (TPSA) is 88.3 Å². The van der Waals surface area contributed by atoms with Gasteiger partial charge in [0.1, 0.15) is 5.69 Å². The van der Waals surface area contributed by atoms with Gasteiger partial charge in [0.25, 0.3) is 5.91 Å². The fraction of sp³-hybridized carbons (Fsp3) is 0.545. The third-order valence-corrected chi connectivity index (χ3v) is 3.60. The minimum Gasteiger partial charge on any atom is -0.375 e. The van der Waals surface area contributed by atoms with Crippen LogP contribution in [0.25, 0.3) is 0 Å². The van der Waals surface area contributed by atoms with Gasteiger partial charge in [0.05, 0.1) is 0 Å². The molecule has 0 unspecified atom stereocenters. The molecule has 7 heteroatoms. The van der Waals surface area contributed by atoms with E-state index in [0.717, 1.165) is 12.8 Å². The van der Waals surface area contributed by atoms with Crippen molar-refractivity contribution in [2.45, 2.75) is 25.8 Å². The van der Waals surface area contributed by atoms with Gasteiger partial charge in [0.15, 0.2) is 5.13 Å². The third-order valence-electron chi connectivity index (χ3n) is 2.93. The fourth-order valence-electron chi connectivity index (χ4n) is 2.06. The Hall–Kier alpha value is -1.63. The van der Waals surface area contributed by atoms with Crippen LogP contribution in [-0.2, 0) is 4.79 Å². The van der Waals surface area contributed by atoms with E-state index in [-0.39, 0.29) is 17.9 Å². The van der Waals surface area contributed by atoms with Gasteiger partial charge in [-0.2, -0.15) is 0 Å². The Morgan fingerprint density at radius 3 is 2.67 bits per heavy atom. The highest BCUT2D eigenvalue weighted by Crippen LogP contribution is 2.16. The molecule has 1 aliphatic rings. The van der Waals surface area contributed by atoms with E-state index in [9.17, 15) is 9.59 Å². The van der Waals surface area contributed by atoms with Gasteiger partial charge in [-0.1, -0.05) is 0 Å². The van der Waals surface area contributed by atoms with Crippen LogP contribution in [0.5, 0.6) is 0 Å². The molecule has 1 fully saturated rings. The van der Waals surface area contributed by atoms with Crippen LogP contribution in [-0.4, -0.2) is 40.8 Å². The van der Waals surface area contributed by atoms with Gasteiger partial charge in [-0.15, -0.1) is 11.3 Å². The molecule has 0 aromatic carbocycles. The monoisotopic (exact) mass is 268 g/mol. The van der Waals surface area contributed by atoms with Crippen molar-refractivity contribution in [3.8, 4) is 0 Å². The zero-order valence-corrected chi connectivity index (χ0v) is 11.0. The van der Waals surface area contributed by atoms with E-state index in [4.69, 9.17) is 5.73 Å². The largest absolute Gasteiger partial charge is 0.375 e. The van der Waals surface area contributed by atoms with Gasteiger partial charge in [-0.05, 0) is 12.8 Å². The molecule has 0 aliphatic carbocycles. The van der Waals surface area contributed by atoms with Crippen LogP contribution in [0, 0.1) is 0 Å². The molecule has 0 atom stereocenters. The van der Waals surface area contributed by atoms with E-state index in [1.54, 1.807) is 10.3 Å². The number of hydrogen-bond acceptors (Lipinski definition) is 5. The van der Waals surface area contributed by atoms with Crippen molar-refractivity contribution in [1.82, 2.24) is 15.2 Å². The van der Waals surface area contributed by atoms with Crippen LogP contribution in [0.1, 0.15) is 30.3 Å². The lowest BCUT2D eigenvalue weighted by Gasteiger charge is -2.31. The number of carbonyl (C=O) groups is 2. The Kier molecular flexibility index (Phi) is 3.81. The number of piperidine rings is 1. The number of rotatable bonds is 2. The van der Waals surface area contributed by atoms with Crippen molar-refractivity contribution in [3.63, 3.8) is 0 Å². The highest BCUT2D eigenvalue weighted by Gasteiger charge is 2.25. The molecule has 1 aromatic heterocycles. The van der Waals surface area contributed by atoms with Crippen molar-refractivity contribution in [1.29, 1.82) is 0 Å². The summed E-state index contributed by atoms with van der Waals surface area (Å²) in [5.41, 5.74) is 5.92. The number of thiazole rings is 1. The van der Waals surface area contributed by atoms with E-state index in [2.05, 4.69) is 10.3 Å². The molecular formula is C11H16N4O2S. The van der Waals surface area contributed by atoms with Gasteiger partial charge in [0.2, 0.25) is 5.91 Å². The van der Waals surface area contributed by atoms with Gasteiger partial charge in [0, 0.05) is 31.4 Å². The highest BCUT2D eigenvalue weighted by molar-refractivity contribution is 7.13. The Morgan fingerprint density at radius 1 is 1.50 bits per heavy atom. The molecule has 2 heterocycles. The Bertz CT molecular complexity index is 452. The molecule has 0 bridgehead atoms. The second kappa shape index (κ2) is 5.34. The standard InChI is InChI=1S/C11H16N4O2S/c1-7(16)13-8-2-4-15(5-3-8)10(17)9-6-18-11(12)14-9/h6,8H,2-5H2,1H3,(H2,12,14)(H,13,16). The normalized spacial score (nSPS) is 16.6. The van der Waals surface area contributed by atoms with E-state index >= 15 is 0 Å². The number of hydrogen-bond donors (Lipinski definition) is 2. The summed E-state index contributed by atoms with van der Waals surface area (Å²) in [6.45, 7) is 2.79. The first-order valence-electron chi connectivity index (χ1n) is 5.83. The number of nitrogens with one attached hydrogen (secondary N) is 1. The minimum absolute atomic E-state index is 0.0212. The lowest BCUT2D eigenvalue weighted by molar-refractivity contribution is -0.119. The number of amides is 2. The van der Waals surface area contributed by atoms with Crippen LogP contribution < -0.4 is 11.1 Å². The number of nitrogens with zero attached hydrogens (tertiary/aromatic N) is 2. The van der Waals surface area contributed by atoms with Gasteiger partial charge < -0.3 is 16.0 Å². The average molecular weight is 268 g/mol. The zero-order chi connectivity index (χ0) is 13.1. The summed E-state index contributed by atoms with van der Waals surface area (Å²) in [6, 6.07) is 0.173. The molecule has 1 aliphatic heterocycles. The molecule has 1 saturated heterocycles. The first kappa shape index (κ1) is 12.8. The molecular weight excluding hydrogens is 252 g/mol. The second-order valence-corrected chi connectivity index (χ2v) is 5.23. The number of anilines is 1. The maximum atomic E-state index is 12.1. The van der Waals surface area contributed by atoms with Crippen molar-refractivity contribution in [2.24, 2.45) is 0 Å². The second-order valence-electron chi connectivity index (χ2n) is 4.34. The van der Waals surface area contributed by atoms with Crippen LogP contribution in [0.4, 0.5) is 5.13 Å². The van der Waals surface area contributed by atoms with E-state index in [1.807, 2.05) is 0 Å². The smallest absolute Gasteiger partial charge is 0.273 e. The minimum atomic E-state index is -0.0794. The zero-order valence-electron chi connectivity index (χ0n) is 10.2. The summed E-state index contributed by atoms with van der Waals surface area (Å²) >= 11 is 1.27. The van der Waals surface area contributed by atoms with Gasteiger partial charge in [-0.25, -0.2) is 4.98 Å². The van der Waals surface area contributed by atoms with Crippen molar-refractivity contribution >= 4 is 28.3 Å². The fourth-order valence-corrected chi connectivity index (χ4v) is 2.60. The first-order chi connectivity index (χ1) is 8.56. The summed E-state index contributed by atoms with van der Waals surface area (Å²) in [7, 11) is 0. The van der Waals surface area contributed by atoms with Crippen molar-refractivity contribution < 1.29 is 9.59 Å². The SMILES string of the molecule is CC(=O)NC1CCN(C(=O)c2csc(N)n2)CC1. The Balaban J connectivity index is 1.90. The predicted octanol–water partition coefficient (Wildman–Crippen LogP) is 0.466. The molecule has 0 saturated carbocycles. The summed E-state index contributed by atoms with van der Waals surface area (Å²) in [4.78, 5) is 28.8. The number of aromatic nitrogens is 1. The van der Waals surface area contributed by atoms with E-state index in [0.29, 0.717) is 23.9 Å². The van der Waals surface area contributed by atoms with Crippen LogP contribution in [0.3, 0.4) is 0 Å². The quantitative estimate of drug-likeness (QED) is 0.816. The molecule has 0 radical (unpaired) electrons. The molecule has 1 aromatic rings. The Labute approximate surface area is 109 Å². The lowest BCUT2D eigenvalue weighted by atomic mass is 10.0. The van der Waals surface area contributed by atoms with E-state index < -0.39 is 0 Å². The van der Waals surface area contributed by atoms with Gasteiger partial charge in [-0.3, -0.25) is 9.59 Å². The molecule has 18 heavy (non-hydrogen) atoms. The maximum absolute atomic E-state index is 12.1. The van der Waals surface area contributed by atoms with Crippen LogP contribution in [0.2, 0.25) is 0 Å². The summed E-state index contributed by atoms with van der Waals surface area (Å²) in [6.07, 6.45) is 1.57. The molecule has 0 spiro atoms. The third kappa shape index (κ3) is 2.98. The van der Waals surface area contributed by atoms with Gasteiger partial charge >= 0.3 is 0 Å². The van der Waals surface area contributed by atoms with Crippen molar-refractivity contribution in [2.75, 3.05) is 18.8 Å². The number of nitrogens with two attached hydrogens (primary N) is 1. The van der Waals surface area contributed by atoms with Crippen LogP contribution in [0.15, 0.2) is 5.38 Å². The molecule has 2 rings (SSSR count). The maximum Gasteiger partial charge on any atom is 0.273 e. The molecule has 2 amide bonds. The van der Waals surface area contributed by atoms with E-state index in [1.165, 1.54) is 18.3 Å². The number of carbonyl (C=O) groups excluding carboxylic acids is 2. The molecule has 98 valence electrons. The Morgan fingerprint density at radius 2 is 2.17 bits per heavy atom.